The highest BCUT2D eigenvalue weighted by atomic mass is 16.1. The third-order valence-electron chi connectivity index (χ3n) is 3.99. The molecule has 122 valence electrons. The van der Waals surface area contributed by atoms with Gasteiger partial charge in [0.15, 0.2) is 0 Å². The Kier molecular flexibility index (Phi) is 6.76. The van der Waals surface area contributed by atoms with Crippen molar-refractivity contribution in [3.8, 4) is 0 Å². The van der Waals surface area contributed by atoms with Gasteiger partial charge in [0.1, 0.15) is 0 Å². The van der Waals surface area contributed by atoms with Crippen molar-refractivity contribution in [2.24, 2.45) is 0 Å². The van der Waals surface area contributed by atoms with Gasteiger partial charge in [-0.3, -0.25) is 9.78 Å². The zero-order valence-corrected chi connectivity index (χ0v) is 14.0. The first-order valence-corrected chi connectivity index (χ1v) is 8.04. The summed E-state index contributed by atoms with van der Waals surface area (Å²) >= 11 is 0. The molecule has 0 atom stereocenters. The Morgan fingerprint density at radius 2 is 1.87 bits per heavy atom. The van der Waals surface area contributed by atoms with Crippen molar-refractivity contribution >= 4 is 5.91 Å². The predicted molar refractivity (Wildman–Crippen MR) is 93.1 cm³/mol. The van der Waals surface area contributed by atoms with Crippen LogP contribution in [0.3, 0.4) is 0 Å². The molecule has 1 amide bonds. The molecule has 1 heterocycles. The third kappa shape index (κ3) is 6.20. The molecule has 0 aliphatic rings. The minimum absolute atomic E-state index is 0.101. The lowest BCUT2D eigenvalue weighted by Crippen LogP contribution is -2.29. The normalized spacial score (nSPS) is 10.7. The number of carbonyl (C=O) groups excluding carboxylic acids is 1. The maximum Gasteiger partial charge on any atom is 0.221 e. The summed E-state index contributed by atoms with van der Waals surface area (Å²) in [7, 11) is 2.05. The molecule has 1 aromatic carbocycles. The molecule has 0 saturated carbocycles. The van der Waals surface area contributed by atoms with Crippen LogP contribution in [0.25, 0.3) is 0 Å². The Labute approximate surface area is 138 Å². The number of rotatable bonds is 8. The van der Waals surface area contributed by atoms with Gasteiger partial charge in [-0.2, -0.15) is 0 Å². The molecule has 0 spiro atoms. The van der Waals surface area contributed by atoms with E-state index in [1.54, 1.807) is 0 Å². The largest absolute Gasteiger partial charge is 0.352 e. The van der Waals surface area contributed by atoms with Crippen molar-refractivity contribution in [3.05, 3.63) is 65.5 Å². The highest BCUT2D eigenvalue weighted by molar-refractivity contribution is 5.76. The molecular formula is C19H25N3O. The molecule has 23 heavy (non-hydrogen) atoms. The number of nitrogens with one attached hydrogen (secondary N) is 1. The van der Waals surface area contributed by atoms with E-state index in [2.05, 4.69) is 41.3 Å². The van der Waals surface area contributed by atoms with Gasteiger partial charge in [0.2, 0.25) is 5.91 Å². The van der Waals surface area contributed by atoms with Crippen molar-refractivity contribution in [1.82, 2.24) is 15.2 Å². The molecule has 0 radical (unpaired) electrons. The number of carbonyl (C=O) groups is 1. The van der Waals surface area contributed by atoms with E-state index in [4.69, 9.17) is 0 Å². The molecule has 1 aromatic heterocycles. The first-order chi connectivity index (χ1) is 11.1. The molecule has 0 bridgehead atoms. The van der Waals surface area contributed by atoms with Crippen LogP contribution in [-0.2, 0) is 17.8 Å². The summed E-state index contributed by atoms with van der Waals surface area (Å²) in [6.07, 6.45) is 5.13. The van der Waals surface area contributed by atoms with Gasteiger partial charge in [-0.05, 0) is 49.2 Å². The van der Waals surface area contributed by atoms with E-state index in [-0.39, 0.29) is 5.91 Å². The number of aryl methyl sites for hydroxylation is 1. The summed E-state index contributed by atoms with van der Waals surface area (Å²) in [5, 5.41) is 3.00. The number of hydrogen-bond acceptors (Lipinski definition) is 3. The van der Waals surface area contributed by atoms with Crippen molar-refractivity contribution in [1.29, 1.82) is 0 Å². The zero-order chi connectivity index (χ0) is 16.5. The lowest BCUT2D eigenvalue weighted by Gasteiger charge is -2.16. The summed E-state index contributed by atoms with van der Waals surface area (Å²) in [6, 6.07) is 12.2. The Hall–Kier alpha value is -2.20. The van der Waals surface area contributed by atoms with Crippen molar-refractivity contribution < 1.29 is 4.79 Å². The monoisotopic (exact) mass is 311 g/mol. The van der Waals surface area contributed by atoms with E-state index in [1.807, 2.05) is 36.7 Å². The van der Waals surface area contributed by atoms with Gasteiger partial charge >= 0.3 is 0 Å². The van der Waals surface area contributed by atoms with Gasteiger partial charge in [0.05, 0.1) is 0 Å². The number of likely N-dealkylation sites (N-methyl/N-ethyl adjacent to an activating group) is 1. The number of amides is 1. The average molecular weight is 311 g/mol. The molecule has 0 aliphatic carbocycles. The van der Waals surface area contributed by atoms with Crippen LogP contribution in [0.5, 0.6) is 0 Å². The Bertz CT molecular complexity index is 613. The lowest BCUT2D eigenvalue weighted by atomic mass is 10.1. The molecule has 0 unspecified atom stereocenters. The summed E-state index contributed by atoms with van der Waals surface area (Å²) in [6.45, 7) is 4.38. The van der Waals surface area contributed by atoms with Crippen LogP contribution < -0.4 is 5.32 Å². The number of benzene rings is 1. The lowest BCUT2D eigenvalue weighted by molar-refractivity contribution is -0.121. The zero-order valence-electron chi connectivity index (χ0n) is 14.0. The van der Waals surface area contributed by atoms with Crippen LogP contribution in [-0.4, -0.2) is 35.9 Å². The smallest absolute Gasteiger partial charge is 0.221 e. The second-order valence-electron chi connectivity index (χ2n) is 5.86. The number of nitrogens with zero attached hydrogens (tertiary/aromatic N) is 2. The summed E-state index contributed by atoms with van der Waals surface area (Å²) in [5.41, 5.74) is 3.66. The topological polar surface area (TPSA) is 45.2 Å². The van der Waals surface area contributed by atoms with E-state index in [9.17, 15) is 4.79 Å². The van der Waals surface area contributed by atoms with Crippen LogP contribution in [0.1, 0.15) is 23.1 Å². The Balaban J connectivity index is 1.65. The van der Waals surface area contributed by atoms with Gasteiger partial charge in [-0.15, -0.1) is 0 Å². The first kappa shape index (κ1) is 17.2. The molecular weight excluding hydrogens is 286 g/mol. The highest BCUT2D eigenvalue weighted by Gasteiger charge is 2.05. The number of aromatic nitrogens is 1. The summed E-state index contributed by atoms with van der Waals surface area (Å²) in [5.74, 6) is 0.101. The average Bonchev–Trinajstić information content (AvgIpc) is 2.58. The quantitative estimate of drug-likeness (QED) is 0.815. The maximum atomic E-state index is 12.0. The molecule has 2 rings (SSSR count). The summed E-state index contributed by atoms with van der Waals surface area (Å²) < 4.78 is 0. The first-order valence-electron chi connectivity index (χ1n) is 8.04. The Morgan fingerprint density at radius 3 is 2.61 bits per heavy atom. The van der Waals surface area contributed by atoms with Gasteiger partial charge in [-0.1, -0.05) is 24.3 Å². The molecule has 0 saturated heterocycles. The van der Waals surface area contributed by atoms with Gasteiger partial charge in [0.25, 0.3) is 0 Å². The molecule has 2 aromatic rings. The summed E-state index contributed by atoms with van der Waals surface area (Å²) in [4.78, 5) is 18.2. The van der Waals surface area contributed by atoms with Crippen molar-refractivity contribution in [3.63, 3.8) is 0 Å². The standard InChI is InChI=1S/C19H25N3O/c1-16-5-3-4-6-18(16)15-21-19(23)10-14-22(2)13-9-17-7-11-20-12-8-17/h3-8,11-12H,9-10,13-15H2,1-2H3,(H,21,23). The van der Waals surface area contributed by atoms with Gasteiger partial charge in [-0.25, -0.2) is 0 Å². The van der Waals surface area contributed by atoms with Gasteiger partial charge < -0.3 is 10.2 Å². The van der Waals surface area contributed by atoms with E-state index in [0.717, 1.165) is 19.5 Å². The molecule has 0 aliphatic heterocycles. The van der Waals surface area contributed by atoms with Crippen molar-refractivity contribution in [2.45, 2.75) is 26.3 Å². The number of pyridine rings is 1. The molecule has 0 fully saturated rings. The second-order valence-corrected chi connectivity index (χ2v) is 5.86. The molecule has 4 heteroatoms. The fraction of sp³-hybridized carbons (Fsp3) is 0.368. The van der Waals surface area contributed by atoms with Crippen LogP contribution in [0, 0.1) is 6.92 Å². The number of hydrogen-bond donors (Lipinski definition) is 1. The fourth-order valence-electron chi connectivity index (χ4n) is 2.36. The van der Waals surface area contributed by atoms with Crippen LogP contribution in [0.4, 0.5) is 0 Å². The van der Waals surface area contributed by atoms with Crippen molar-refractivity contribution in [2.75, 3.05) is 20.1 Å². The Morgan fingerprint density at radius 1 is 1.13 bits per heavy atom. The van der Waals surface area contributed by atoms with Gasteiger partial charge in [0, 0.05) is 38.4 Å². The maximum absolute atomic E-state index is 12.0. The predicted octanol–water partition coefficient (Wildman–Crippen LogP) is 2.57. The van der Waals surface area contributed by atoms with Crippen LogP contribution >= 0.6 is 0 Å². The van der Waals surface area contributed by atoms with E-state index >= 15 is 0 Å². The highest BCUT2D eigenvalue weighted by Crippen LogP contribution is 2.06. The third-order valence-corrected chi connectivity index (χ3v) is 3.99. The molecule has 4 nitrogen and oxygen atoms in total. The fourth-order valence-corrected chi connectivity index (χ4v) is 2.36. The van der Waals surface area contributed by atoms with E-state index < -0.39 is 0 Å². The van der Waals surface area contributed by atoms with E-state index in [0.29, 0.717) is 13.0 Å². The minimum Gasteiger partial charge on any atom is -0.352 e. The second kappa shape index (κ2) is 9.06. The van der Waals surface area contributed by atoms with E-state index in [1.165, 1.54) is 16.7 Å². The van der Waals surface area contributed by atoms with Crippen LogP contribution in [0.2, 0.25) is 0 Å². The molecule has 1 N–H and O–H groups in total. The van der Waals surface area contributed by atoms with Crippen LogP contribution in [0.15, 0.2) is 48.8 Å². The SMILES string of the molecule is Cc1ccccc1CNC(=O)CCN(C)CCc1ccncc1. The minimum atomic E-state index is 0.101.